The van der Waals surface area contributed by atoms with Crippen molar-refractivity contribution in [2.24, 2.45) is 5.73 Å². The first-order valence-electron chi connectivity index (χ1n) is 6.18. The molecule has 1 aliphatic carbocycles. The first kappa shape index (κ1) is 13.5. The van der Waals surface area contributed by atoms with E-state index in [0.29, 0.717) is 24.9 Å². The predicted octanol–water partition coefficient (Wildman–Crippen LogP) is 1.44. The quantitative estimate of drug-likeness (QED) is 0.747. The molecule has 0 radical (unpaired) electrons. The largest absolute Gasteiger partial charge is 0.480 e. The molecule has 4 nitrogen and oxygen atoms in total. The van der Waals surface area contributed by atoms with Crippen LogP contribution in [0.4, 0.5) is 0 Å². The van der Waals surface area contributed by atoms with Crippen molar-refractivity contribution in [1.82, 2.24) is 4.90 Å². The van der Waals surface area contributed by atoms with E-state index in [1.54, 1.807) is 0 Å². The van der Waals surface area contributed by atoms with E-state index in [-0.39, 0.29) is 0 Å². The number of nitrogens with zero attached hydrogens (tertiary/aromatic N) is 1. The third-order valence-electron chi connectivity index (χ3n) is 3.56. The number of nitrogens with two attached hydrogens (primary N) is 1. The standard InChI is InChI=1S/C12H24N2O2/c1-4-7-14(9(2)3)10-5-6-12(13,8-10)11(15)16/h9-10H,4-8,13H2,1-3H3,(H,15,16). The first-order chi connectivity index (χ1) is 7.40. The summed E-state index contributed by atoms with van der Waals surface area (Å²) in [4.78, 5) is 13.5. The van der Waals surface area contributed by atoms with Crippen LogP contribution < -0.4 is 5.73 Å². The topological polar surface area (TPSA) is 66.6 Å². The molecule has 0 bridgehead atoms. The van der Waals surface area contributed by atoms with Gasteiger partial charge in [0.15, 0.2) is 0 Å². The van der Waals surface area contributed by atoms with Crippen LogP contribution in [0.25, 0.3) is 0 Å². The van der Waals surface area contributed by atoms with Crippen molar-refractivity contribution in [1.29, 1.82) is 0 Å². The number of carboxylic acid groups (broad SMARTS) is 1. The smallest absolute Gasteiger partial charge is 0.323 e. The highest BCUT2D eigenvalue weighted by molar-refractivity contribution is 5.79. The highest BCUT2D eigenvalue weighted by Gasteiger charge is 2.44. The van der Waals surface area contributed by atoms with Gasteiger partial charge in [-0.1, -0.05) is 6.92 Å². The molecule has 0 aromatic heterocycles. The van der Waals surface area contributed by atoms with E-state index in [0.717, 1.165) is 19.4 Å². The Hall–Kier alpha value is -0.610. The van der Waals surface area contributed by atoms with Crippen LogP contribution in [0, 0.1) is 0 Å². The van der Waals surface area contributed by atoms with E-state index in [1.165, 1.54) is 0 Å². The summed E-state index contributed by atoms with van der Waals surface area (Å²) in [5, 5.41) is 9.10. The minimum atomic E-state index is -0.994. The molecule has 1 fully saturated rings. The number of hydrogen-bond donors (Lipinski definition) is 2. The van der Waals surface area contributed by atoms with E-state index in [1.807, 2.05) is 0 Å². The normalized spacial score (nSPS) is 30.2. The van der Waals surface area contributed by atoms with Crippen LogP contribution in [0.5, 0.6) is 0 Å². The molecule has 0 spiro atoms. The third kappa shape index (κ3) is 2.74. The molecule has 0 aliphatic heterocycles. The molecule has 0 heterocycles. The fourth-order valence-electron chi connectivity index (χ4n) is 2.65. The molecule has 16 heavy (non-hydrogen) atoms. The molecule has 0 aromatic carbocycles. The lowest BCUT2D eigenvalue weighted by Gasteiger charge is -2.33. The number of rotatable bonds is 5. The molecule has 0 amide bonds. The summed E-state index contributed by atoms with van der Waals surface area (Å²) < 4.78 is 0. The minimum absolute atomic E-state index is 0.334. The Morgan fingerprint density at radius 1 is 1.62 bits per heavy atom. The van der Waals surface area contributed by atoms with Gasteiger partial charge in [0.05, 0.1) is 0 Å². The molecular weight excluding hydrogens is 204 g/mol. The molecule has 1 saturated carbocycles. The number of carboxylic acids is 1. The number of aliphatic carboxylic acids is 1. The average molecular weight is 228 g/mol. The van der Waals surface area contributed by atoms with Crippen molar-refractivity contribution >= 4 is 5.97 Å². The molecule has 1 aliphatic rings. The summed E-state index contributed by atoms with van der Waals surface area (Å²) in [5.41, 5.74) is 4.91. The van der Waals surface area contributed by atoms with E-state index < -0.39 is 11.5 Å². The summed E-state index contributed by atoms with van der Waals surface area (Å²) in [6.07, 6.45) is 3.18. The Morgan fingerprint density at radius 2 is 2.25 bits per heavy atom. The Kier molecular flexibility index (Phi) is 4.33. The number of hydrogen-bond acceptors (Lipinski definition) is 3. The second kappa shape index (κ2) is 5.15. The summed E-state index contributed by atoms with van der Waals surface area (Å²) in [7, 11) is 0. The lowest BCUT2D eigenvalue weighted by molar-refractivity contribution is -0.143. The van der Waals surface area contributed by atoms with Crippen LogP contribution in [0.15, 0.2) is 0 Å². The Bertz CT molecular complexity index is 255. The van der Waals surface area contributed by atoms with Gasteiger partial charge in [0.2, 0.25) is 0 Å². The Balaban J connectivity index is 2.66. The Morgan fingerprint density at radius 3 is 2.62 bits per heavy atom. The van der Waals surface area contributed by atoms with Gasteiger partial charge in [-0.15, -0.1) is 0 Å². The van der Waals surface area contributed by atoms with Gasteiger partial charge in [-0.25, -0.2) is 0 Å². The maximum atomic E-state index is 11.1. The second-order valence-corrected chi connectivity index (χ2v) is 5.19. The third-order valence-corrected chi connectivity index (χ3v) is 3.56. The van der Waals surface area contributed by atoms with Gasteiger partial charge >= 0.3 is 5.97 Å². The molecule has 3 N–H and O–H groups in total. The SMILES string of the molecule is CCCN(C(C)C)C1CCC(N)(C(=O)O)C1. The molecule has 94 valence electrons. The summed E-state index contributed by atoms with van der Waals surface area (Å²) in [5.74, 6) is -0.852. The van der Waals surface area contributed by atoms with E-state index in [9.17, 15) is 4.79 Å². The zero-order valence-corrected chi connectivity index (χ0v) is 10.6. The van der Waals surface area contributed by atoms with Gasteiger partial charge in [-0.3, -0.25) is 9.69 Å². The van der Waals surface area contributed by atoms with Crippen molar-refractivity contribution in [2.45, 2.75) is 64.1 Å². The van der Waals surface area contributed by atoms with Gasteiger partial charge in [0.25, 0.3) is 0 Å². The van der Waals surface area contributed by atoms with Crippen LogP contribution in [0.1, 0.15) is 46.5 Å². The fraction of sp³-hybridized carbons (Fsp3) is 0.917. The monoisotopic (exact) mass is 228 g/mol. The highest BCUT2D eigenvalue weighted by atomic mass is 16.4. The van der Waals surface area contributed by atoms with Crippen molar-refractivity contribution in [2.75, 3.05) is 6.54 Å². The fourth-order valence-corrected chi connectivity index (χ4v) is 2.65. The van der Waals surface area contributed by atoms with E-state index >= 15 is 0 Å². The minimum Gasteiger partial charge on any atom is -0.480 e. The lowest BCUT2D eigenvalue weighted by Crippen LogP contribution is -2.48. The van der Waals surface area contributed by atoms with Crippen molar-refractivity contribution < 1.29 is 9.90 Å². The van der Waals surface area contributed by atoms with Crippen LogP contribution >= 0.6 is 0 Å². The summed E-state index contributed by atoms with van der Waals surface area (Å²) in [6.45, 7) is 7.50. The van der Waals surface area contributed by atoms with Crippen molar-refractivity contribution in [3.63, 3.8) is 0 Å². The van der Waals surface area contributed by atoms with Gasteiger partial charge < -0.3 is 10.8 Å². The van der Waals surface area contributed by atoms with Crippen molar-refractivity contribution in [3.8, 4) is 0 Å². The first-order valence-corrected chi connectivity index (χ1v) is 6.18. The van der Waals surface area contributed by atoms with Gasteiger partial charge in [-0.2, -0.15) is 0 Å². The maximum absolute atomic E-state index is 11.1. The van der Waals surface area contributed by atoms with Crippen LogP contribution in [0.3, 0.4) is 0 Å². The average Bonchev–Trinajstić information content (AvgIpc) is 2.58. The highest BCUT2D eigenvalue weighted by Crippen LogP contribution is 2.32. The molecule has 4 heteroatoms. The maximum Gasteiger partial charge on any atom is 0.323 e. The lowest BCUT2D eigenvalue weighted by atomic mass is 9.99. The Labute approximate surface area is 97.8 Å². The molecular formula is C12H24N2O2. The van der Waals surface area contributed by atoms with E-state index in [4.69, 9.17) is 10.8 Å². The summed E-state index contributed by atoms with van der Waals surface area (Å²) >= 11 is 0. The number of carbonyl (C=O) groups is 1. The molecule has 2 unspecified atom stereocenters. The van der Waals surface area contributed by atoms with Crippen LogP contribution in [-0.4, -0.2) is 40.1 Å². The second-order valence-electron chi connectivity index (χ2n) is 5.19. The van der Waals surface area contributed by atoms with Gasteiger partial charge in [0, 0.05) is 12.1 Å². The molecule has 1 rings (SSSR count). The molecule has 2 atom stereocenters. The van der Waals surface area contributed by atoms with E-state index in [2.05, 4.69) is 25.7 Å². The predicted molar refractivity (Wildman–Crippen MR) is 64.3 cm³/mol. The van der Waals surface area contributed by atoms with Crippen LogP contribution in [0.2, 0.25) is 0 Å². The summed E-state index contributed by atoms with van der Waals surface area (Å²) in [6, 6.07) is 0.794. The zero-order chi connectivity index (χ0) is 12.3. The molecule has 0 saturated heterocycles. The zero-order valence-electron chi connectivity index (χ0n) is 10.6. The molecule has 0 aromatic rings. The van der Waals surface area contributed by atoms with Crippen LogP contribution in [-0.2, 0) is 4.79 Å². The van der Waals surface area contributed by atoms with Crippen molar-refractivity contribution in [3.05, 3.63) is 0 Å². The van der Waals surface area contributed by atoms with Gasteiger partial charge in [-0.05, 0) is 46.1 Å². The van der Waals surface area contributed by atoms with Gasteiger partial charge in [0.1, 0.15) is 5.54 Å².